The van der Waals surface area contributed by atoms with Gasteiger partial charge in [0.1, 0.15) is 0 Å². The van der Waals surface area contributed by atoms with Gasteiger partial charge in [0.2, 0.25) is 0 Å². The topological polar surface area (TPSA) is 0 Å². The van der Waals surface area contributed by atoms with Crippen molar-refractivity contribution in [3.05, 3.63) is 228 Å². The van der Waals surface area contributed by atoms with Gasteiger partial charge in [-0.25, -0.2) is 0 Å². The van der Waals surface area contributed by atoms with Crippen molar-refractivity contribution >= 4 is 75.4 Å². The summed E-state index contributed by atoms with van der Waals surface area (Å²) in [6, 6.07) is 75.5. The molecule has 15 rings (SSSR count). The number of hydrogen-bond acceptors (Lipinski definition) is 0. The summed E-state index contributed by atoms with van der Waals surface area (Å²) in [6.45, 7) is 9.12. The van der Waals surface area contributed by atoms with E-state index in [0.717, 1.165) is 0 Å². The Kier molecular flexibility index (Phi) is 6.92. The Bertz CT molecular complexity index is 4090. The van der Waals surface area contributed by atoms with E-state index >= 15 is 0 Å². The van der Waals surface area contributed by atoms with Gasteiger partial charge < -0.3 is 0 Å². The molecule has 0 saturated carbocycles. The molecule has 2 aliphatic rings. The number of rotatable bonds is 2. The van der Waals surface area contributed by atoms with Gasteiger partial charge in [-0.1, -0.05) is 178 Å². The summed E-state index contributed by atoms with van der Waals surface area (Å²) in [7, 11) is 0. The molecule has 0 unspecified atom stereocenters. The zero-order chi connectivity index (χ0) is 43.8. The molecule has 0 aliphatic heterocycles. The zero-order valence-corrected chi connectivity index (χ0v) is 37.5. The first-order chi connectivity index (χ1) is 32.2. The van der Waals surface area contributed by atoms with Crippen LogP contribution < -0.4 is 0 Å². The van der Waals surface area contributed by atoms with Gasteiger partial charge in [-0.2, -0.15) is 0 Å². The molecule has 2 aliphatic carbocycles. The van der Waals surface area contributed by atoms with E-state index in [2.05, 4.69) is 222 Å². The highest BCUT2D eigenvalue weighted by atomic mass is 14.5. The molecule has 0 nitrogen and oxygen atoms in total. The molecule has 0 heterocycles. The Balaban J connectivity index is 0.935. The molecular weight excluding hydrogens is 793 g/mol. The maximum atomic E-state index is 2.54. The summed E-state index contributed by atoms with van der Waals surface area (Å²) in [5.41, 5.74) is 18.1. The average molecular weight is 837 g/mol. The van der Waals surface area contributed by atoms with E-state index in [1.54, 1.807) is 0 Å². The van der Waals surface area contributed by atoms with Gasteiger partial charge >= 0.3 is 0 Å². The van der Waals surface area contributed by atoms with E-state index in [9.17, 15) is 0 Å². The Morgan fingerprint density at radius 1 is 0.318 bits per heavy atom. The predicted molar refractivity (Wildman–Crippen MR) is 282 cm³/mol. The van der Waals surface area contributed by atoms with Crippen LogP contribution in [-0.4, -0.2) is 0 Å². The van der Waals surface area contributed by atoms with Crippen LogP contribution in [0.25, 0.3) is 120 Å². The standard InChI is InChI=1S/C66H44/c1-37-27-41-13-15-43-30-49(31-44-16-14-42(28-37)60(41)61(43)44)38-21-24-52-40(29-38)23-26-56-55-25-22-39(36-59(55)66(64(52)56)57-11-7-5-9-53(57)54-10-6-8-12-58(54)66)50-32-45-17-19-47-34-51(65(2,3)4)35-48-20-18-46(33-50)62(45)63(47)48/h5-36H,1-4H3. The summed E-state index contributed by atoms with van der Waals surface area (Å²) in [6.07, 6.45) is 0. The minimum absolute atomic E-state index is 0.0872. The van der Waals surface area contributed by atoms with Crippen molar-refractivity contribution < 1.29 is 0 Å². The van der Waals surface area contributed by atoms with Crippen LogP contribution in [0.15, 0.2) is 194 Å². The molecule has 0 fully saturated rings. The fraction of sp³-hybridized carbons (Fsp3) is 0.0909. The molecule has 0 bridgehead atoms. The van der Waals surface area contributed by atoms with Crippen molar-refractivity contribution in [2.75, 3.05) is 0 Å². The maximum Gasteiger partial charge on any atom is 0.0731 e. The van der Waals surface area contributed by atoms with Crippen molar-refractivity contribution in [2.24, 2.45) is 0 Å². The second kappa shape index (κ2) is 12.5. The van der Waals surface area contributed by atoms with E-state index in [0.29, 0.717) is 0 Å². The third kappa shape index (κ3) is 4.68. The highest BCUT2D eigenvalue weighted by Gasteiger charge is 2.52. The first-order valence-electron chi connectivity index (χ1n) is 23.6. The molecule has 13 aromatic rings. The number of benzene rings is 13. The lowest BCUT2D eigenvalue weighted by molar-refractivity contribution is 0.591. The summed E-state index contributed by atoms with van der Waals surface area (Å²) < 4.78 is 0. The summed E-state index contributed by atoms with van der Waals surface area (Å²) in [4.78, 5) is 0. The predicted octanol–water partition coefficient (Wildman–Crippen LogP) is 17.9. The Hall–Kier alpha value is -7.80. The highest BCUT2D eigenvalue weighted by Crippen LogP contribution is 2.64. The van der Waals surface area contributed by atoms with Crippen LogP contribution in [0.2, 0.25) is 0 Å². The first kappa shape index (κ1) is 36.5. The van der Waals surface area contributed by atoms with Gasteiger partial charge in [0.05, 0.1) is 5.41 Å². The van der Waals surface area contributed by atoms with Crippen LogP contribution in [0.5, 0.6) is 0 Å². The molecule has 1 spiro atoms. The SMILES string of the molecule is Cc1cc2ccc3cc(-c4ccc5c6c(ccc5c4)-c4ccc(-c5cc7ccc8cc(C(C)(C)C)cc9ccc(c5)c7c89)cc4C64c5ccccc5-c5ccccc54)cc4ccc(c1)c2c34. The van der Waals surface area contributed by atoms with Crippen molar-refractivity contribution in [3.8, 4) is 44.5 Å². The van der Waals surface area contributed by atoms with Crippen molar-refractivity contribution in [2.45, 2.75) is 38.5 Å². The van der Waals surface area contributed by atoms with Crippen LogP contribution in [-0.2, 0) is 10.8 Å². The van der Waals surface area contributed by atoms with Crippen LogP contribution in [0.3, 0.4) is 0 Å². The maximum absolute atomic E-state index is 2.54. The fourth-order valence-corrected chi connectivity index (χ4v) is 12.9. The van der Waals surface area contributed by atoms with E-state index in [1.807, 2.05) is 0 Å². The van der Waals surface area contributed by atoms with Crippen LogP contribution in [0, 0.1) is 6.92 Å². The molecule has 0 aromatic heterocycles. The number of aryl methyl sites for hydroxylation is 1. The third-order valence-corrected chi connectivity index (χ3v) is 15.8. The van der Waals surface area contributed by atoms with Crippen molar-refractivity contribution in [1.82, 2.24) is 0 Å². The number of hydrogen-bond donors (Lipinski definition) is 0. The number of fused-ring (bicyclic) bond motifs is 12. The van der Waals surface area contributed by atoms with Crippen LogP contribution >= 0.6 is 0 Å². The normalized spacial score (nSPS) is 13.9. The van der Waals surface area contributed by atoms with E-state index in [-0.39, 0.29) is 5.41 Å². The first-order valence-corrected chi connectivity index (χ1v) is 23.6. The molecular formula is C66H44. The van der Waals surface area contributed by atoms with Gasteiger partial charge in [-0.15, -0.1) is 0 Å². The summed E-state index contributed by atoms with van der Waals surface area (Å²) >= 11 is 0. The Morgan fingerprint density at radius 2 is 0.712 bits per heavy atom. The van der Waals surface area contributed by atoms with Crippen LogP contribution in [0.1, 0.15) is 54.2 Å². The summed E-state index contributed by atoms with van der Waals surface area (Å²) in [5.74, 6) is 0. The van der Waals surface area contributed by atoms with Gasteiger partial charge in [-0.05, 0) is 202 Å². The van der Waals surface area contributed by atoms with Gasteiger partial charge in [-0.3, -0.25) is 0 Å². The second-order valence-electron chi connectivity index (χ2n) is 20.5. The third-order valence-electron chi connectivity index (χ3n) is 15.8. The molecule has 0 N–H and O–H groups in total. The molecule has 0 radical (unpaired) electrons. The lowest BCUT2D eigenvalue weighted by Crippen LogP contribution is -2.26. The smallest absolute Gasteiger partial charge is 0.0619 e. The van der Waals surface area contributed by atoms with Crippen LogP contribution in [0.4, 0.5) is 0 Å². The molecule has 0 amide bonds. The quantitative estimate of drug-likeness (QED) is 0.152. The van der Waals surface area contributed by atoms with Gasteiger partial charge in [0.25, 0.3) is 0 Å². The lowest BCUT2D eigenvalue weighted by Gasteiger charge is -2.32. The summed E-state index contributed by atoms with van der Waals surface area (Å²) in [5, 5.41) is 18.5. The fourth-order valence-electron chi connectivity index (χ4n) is 12.9. The van der Waals surface area contributed by atoms with E-state index < -0.39 is 5.41 Å². The second-order valence-corrected chi connectivity index (χ2v) is 20.5. The van der Waals surface area contributed by atoms with Gasteiger partial charge in [0, 0.05) is 0 Å². The van der Waals surface area contributed by atoms with E-state index in [4.69, 9.17) is 0 Å². The highest BCUT2D eigenvalue weighted by molar-refractivity contribution is 6.25. The molecule has 0 heteroatoms. The average Bonchev–Trinajstić information content (AvgIpc) is 3.81. The largest absolute Gasteiger partial charge is 0.0731 e. The molecule has 13 aromatic carbocycles. The van der Waals surface area contributed by atoms with E-state index in [1.165, 1.54) is 153 Å². The zero-order valence-electron chi connectivity index (χ0n) is 37.5. The lowest BCUT2D eigenvalue weighted by atomic mass is 9.69. The molecule has 0 atom stereocenters. The monoisotopic (exact) mass is 836 g/mol. The van der Waals surface area contributed by atoms with Crippen molar-refractivity contribution in [1.29, 1.82) is 0 Å². The Morgan fingerprint density at radius 3 is 1.23 bits per heavy atom. The Labute approximate surface area is 384 Å². The minimum Gasteiger partial charge on any atom is -0.0619 e. The molecule has 308 valence electrons. The van der Waals surface area contributed by atoms with Crippen molar-refractivity contribution in [3.63, 3.8) is 0 Å². The molecule has 66 heavy (non-hydrogen) atoms. The molecule has 0 saturated heterocycles. The van der Waals surface area contributed by atoms with Gasteiger partial charge in [0.15, 0.2) is 0 Å². The minimum atomic E-state index is -0.481.